The van der Waals surface area contributed by atoms with Crippen LogP contribution in [0, 0.1) is 6.92 Å². The molecule has 0 bridgehead atoms. The summed E-state index contributed by atoms with van der Waals surface area (Å²) < 4.78 is 11.6. The number of nitrogens with zero attached hydrogens (tertiary/aromatic N) is 2. The van der Waals surface area contributed by atoms with Crippen molar-refractivity contribution in [1.29, 1.82) is 0 Å². The summed E-state index contributed by atoms with van der Waals surface area (Å²) in [6.07, 6.45) is 0.762. The van der Waals surface area contributed by atoms with E-state index in [1.54, 1.807) is 0 Å². The van der Waals surface area contributed by atoms with E-state index in [0.29, 0.717) is 11.7 Å². The Balaban J connectivity index is 2.02. The minimum atomic E-state index is 0.286. The van der Waals surface area contributed by atoms with E-state index in [0.717, 1.165) is 16.6 Å². The van der Waals surface area contributed by atoms with E-state index in [9.17, 15) is 0 Å². The van der Waals surface area contributed by atoms with E-state index >= 15 is 0 Å². The monoisotopic (exact) mass is 296 g/mol. The normalized spacial score (nSPS) is 10.5. The minimum Gasteiger partial charge on any atom is -0.483 e. The highest BCUT2D eigenvalue weighted by atomic mass is 79.9. The van der Waals surface area contributed by atoms with E-state index in [-0.39, 0.29) is 6.61 Å². The molecule has 4 nitrogen and oxygen atoms in total. The molecule has 0 aliphatic carbocycles. The lowest BCUT2D eigenvalue weighted by atomic mass is 10.2. The molecule has 0 atom stereocenters. The Morgan fingerprint density at radius 2 is 2.24 bits per heavy atom. The molecular formula is C12H13BrN2O2. The number of halogens is 1. The van der Waals surface area contributed by atoms with Gasteiger partial charge >= 0.3 is 0 Å². The van der Waals surface area contributed by atoms with Crippen molar-refractivity contribution in [3.63, 3.8) is 0 Å². The summed E-state index contributed by atoms with van der Waals surface area (Å²) in [6, 6.07) is 5.91. The SMILES string of the molecule is CCc1noc(COc2ccc(C)cc2Br)n1. The summed E-state index contributed by atoms with van der Waals surface area (Å²) in [7, 11) is 0. The van der Waals surface area contributed by atoms with Gasteiger partial charge in [-0.3, -0.25) is 0 Å². The van der Waals surface area contributed by atoms with Gasteiger partial charge in [0, 0.05) is 6.42 Å². The van der Waals surface area contributed by atoms with Crippen LogP contribution in [0.1, 0.15) is 24.2 Å². The van der Waals surface area contributed by atoms with Crippen LogP contribution in [0.15, 0.2) is 27.2 Å². The fourth-order valence-electron chi connectivity index (χ4n) is 1.35. The molecule has 1 aromatic carbocycles. The van der Waals surface area contributed by atoms with E-state index in [1.165, 1.54) is 5.56 Å². The Hall–Kier alpha value is -1.36. The number of aryl methyl sites for hydroxylation is 2. The third kappa shape index (κ3) is 3.06. The highest BCUT2D eigenvalue weighted by molar-refractivity contribution is 9.10. The van der Waals surface area contributed by atoms with Crippen LogP contribution in [0.2, 0.25) is 0 Å². The molecule has 0 N–H and O–H groups in total. The number of rotatable bonds is 4. The fourth-order valence-corrected chi connectivity index (χ4v) is 1.96. The number of ether oxygens (including phenoxy) is 1. The Morgan fingerprint density at radius 3 is 2.88 bits per heavy atom. The standard InChI is InChI=1S/C12H13BrN2O2/c1-3-11-14-12(17-15-11)7-16-10-5-4-8(2)6-9(10)13/h4-6H,3,7H2,1-2H3. The smallest absolute Gasteiger partial charge is 0.264 e. The van der Waals surface area contributed by atoms with E-state index < -0.39 is 0 Å². The molecule has 5 heteroatoms. The molecule has 0 fully saturated rings. The van der Waals surface area contributed by atoms with Crippen LogP contribution in [0.5, 0.6) is 5.75 Å². The molecule has 0 aliphatic heterocycles. The zero-order valence-corrected chi connectivity index (χ0v) is 11.3. The second kappa shape index (κ2) is 5.31. The fraction of sp³-hybridized carbons (Fsp3) is 0.333. The first-order chi connectivity index (χ1) is 8.19. The van der Waals surface area contributed by atoms with E-state index in [4.69, 9.17) is 9.26 Å². The molecule has 1 heterocycles. The molecule has 0 unspecified atom stereocenters. The van der Waals surface area contributed by atoms with Gasteiger partial charge in [0.15, 0.2) is 12.4 Å². The number of hydrogen-bond acceptors (Lipinski definition) is 4. The third-order valence-corrected chi connectivity index (χ3v) is 2.88. The zero-order chi connectivity index (χ0) is 12.3. The topological polar surface area (TPSA) is 48.2 Å². The largest absolute Gasteiger partial charge is 0.483 e. The van der Waals surface area contributed by atoms with Crippen LogP contribution in [-0.2, 0) is 13.0 Å². The summed E-state index contributed by atoms with van der Waals surface area (Å²) in [5, 5.41) is 3.81. The van der Waals surface area contributed by atoms with Gasteiger partial charge in [-0.2, -0.15) is 4.98 Å². The maximum atomic E-state index is 5.59. The highest BCUT2D eigenvalue weighted by Gasteiger charge is 2.07. The van der Waals surface area contributed by atoms with Crippen LogP contribution in [-0.4, -0.2) is 10.1 Å². The Morgan fingerprint density at radius 1 is 1.41 bits per heavy atom. The maximum absolute atomic E-state index is 5.59. The van der Waals surface area contributed by atoms with Gasteiger partial charge in [-0.1, -0.05) is 18.1 Å². The second-order valence-corrected chi connectivity index (χ2v) is 4.53. The van der Waals surface area contributed by atoms with Gasteiger partial charge in [-0.15, -0.1) is 0 Å². The number of benzene rings is 1. The van der Waals surface area contributed by atoms with E-state index in [2.05, 4.69) is 26.1 Å². The summed E-state index contributed by atoms with van der Waals surface area (Å²) in [5.41, 5.74) is 1.18. The molecule has 0 saturated heterocycles. The molecule has 0 aliphatic rings. The van der Waals surface area contributed by atoms with Crippen molar-refractivity contribution in [3.05, 3.63) is 40.0 Å². The lowest BCUT2D eigenvalue weighted by Crippen LogP contribution is -1.97. The van der Waals surface area contributed by atoms with E-state index in [1.807, 2.05) is 32.0 Å². The molecule has 90 valence electrons. The maximum Gasteiger partial charge on any atom is 0.264 e. The molecular weight excluding hydrogens is 284 g/mol. The minimum absolute atomic E-state index is 0.286. The van der Waals surface area contributed by atoms with Crippen LogP contribution < -0.4 is 4.74 Å². The number of hydrogen-bond donors (Lipinski definition) is 0. The Kier molecular flexibility index (Phi) is 3.78. The first kappa shape index (κ1) is 12.1. The van der Waals surface area contributed by atoms with Gasteiger partial charge in [0.25, 0.3) is 5.89 Å². The first-order valence-electron chi connectivity index (χ1n) is 5.39. The van der Waals surface area contributed by atoms with Crippen molar-refractivity contribution in [2.75, 3.05) is 0 Å². The lowest BCUT2D eigenvalue weighted by Gasteiger charge is -2.06. The van der Waals surface area contributed by atoms with Gasteiger partial charge < -0.3 is 9.26 Å². The van der Waals surface area contributed by atoms with Crippen molar-refractivity contribution in [2.24, 2.45) is 0 Å². The molecule has 1 aromatic heterocycles. The molecule has 0 radical (unpaired) electrons. The van der Waals surface area contributed by atoms with Gasteiger partial charge in [0.05, 0.1) is 4.47 Å². The summed E-state index contributed by atoms with van der Waals surface area (Å²) in [5.74, 6) is 1.97. The van der Waals surface area contributed by atoms with Gasteiger partial charge in [-0.25, -0.2) is 0 Å². The van der Waals surface area contributed by atoms with Crippen LogP contribution >= 0.6 is 15.9 Å². The summed E-state index contributed by atoms with van der Waals surface area (Å²) in [4.78, 5) is 4.17. The van der Waals surface area contributed by atoms with Crippen molar-refractivity contribution in [2.45, 2.75) is 26.9 Å². The average Bonchev–Trinajstić information content (AvgIpc) is 2.76. The quantitative estimate of drug-likeness (QED) is 0.869. The van der Waals surface area contributed by atoms with Crippen molar-refractivity contribution < 1.29 is 9.26 Å². The lowest BCUT2D eigenvalue weighted by molar-refractivity contribution is 0.241. The number of aromatic nitrogens is 2. The third-order valence-electron chi connectivity index (χ3n) is 2.26. The predicted octanol–water partition coefficient (Wildman–Crippen LogP) is 3.28. The molecule has 2 rings (SSSR count). The highest BCUT2D eigenvalue weighted by Crippen LogP contribution is 2.26. The summed E-state index contributed by atoms with van der Waals surface area (Å²) >= 11 is 3.45. The predicted molar refractivity (Wildman–Crippen MR) is 66.9 cm³/mol. The zero-order valence-electron chi connectivity index (χ0n) is 9.74. The first-order valence-corrected chi connectivity index (χ1v) is 6.18. The van der Waals surface area contributed by atoms with Crippen LogP contribution in [0.3, 0.4) is 0 Å². The molecule has 0 spiro atoms. The molecule has 0 saturated carbocycles. The second-order valence-electron chi connectivity index (χ2n) is 3.68. The van der Waals surface area contributed by atoms with Crippen molar-refractivity contribution in [3.8, 4) is 5.75 Å². The Bertz CT molecular complexity index is 511. The van der Waals surface area contributed by atoms with Crippen LogP contribution in [0.4, 0.5) is 0 Å². The van der Waals surface area contributed by atoms with Gasteiger partial charge in [0.1, 0.15) is 5.75 Å². The molecule has 0 amide bonds. The van der Waals surface area contributed by atoms with Crippen LogP contribution in [0.25, 0.3) is 0 Å². The van der Waals surface area contributed by atoms with Gasteiger partial charge in [0.2, 0.25) is 0 Å². The molecule has 17 heavy (non-hydrogen) atoms. The molecule has 2 aromatic rings. The van der Waals surface area contributed by atoms with Crippen molar-refractivity contribution in [1.82, 2.24) is 10.1 Å². The Labute approximate surface area is 108 Å². The van der Waals surface area contributed by atoms with Gasteiger partial charge in [-0.05, 0) is 40.5 Å². The average molecular weight is 297 g/mol. The summed E-state index contributed by atoms with van der Waals surface area (Å²) in [6.45, 7) is 4.29. The van der Waals surface area contributed by atoms with Crippen molar-refractivity contribution >= 4 is 15.9 Å².